The molecule has 0 bridgehead atoms. The highest BCUT2D eigenvalue weighted by Crippen LogP contribution is 2.41. The highest BCUT2D eigenvalue weighted by Gasteiger charge is 2.19. The minimum atomic E-state index is -0.505. The van der Waals surface area contributed by atoms with Crippen LogP contribution >= 0.6 is 0 Å². The fourth-order valence-electron chi connectivity index (χ4n) is 3.70. The van der Waals surface area contributed by atoms with E-state index in [1.165, 1.54) is 19.2 Å². The maximum Gasteiger partial charge on any atom is 0.292 e. The van der Waals surface area contributed by atoms with Crippen molar-refractivity contribution in [1.82, 2.24) is 9.55 Å². The second kappa shape index (κ2) is 8.58. The molecule has 0 saturated carbocycles. The van der Waals surface area contributed by atoms with E-state index in [0.717, 1.165) is 11.2 Å². The van der Waals surface area contributed by atoms with E-state index in [1.54, 1.807) is 51.9 Å². The number of rotatable bonds is 7. The Labute approximate surface area is 189 Å². The van der Waals surface area contributed by atoms with Crippen molar-refractivity contribution < 1.29 is 23.9 Å². The van der Waals surface area contributed by atoms with Gasteiger partial charge in [-0.1, -0.05) is 6.07 Å². The van der Waals surface area contributed by atoms with Crippen molar-refractivity contribution in [3.8, 4) is 39.8 Å². The highest BCUT2D eigenvalue weighted by atomic mass is 16.6. The van der Waals surface area contributed by atoms with Gasteiger partial charge in [0.1, 0.15) is 23.3 Å². The van der Waals surface area contributed by atoms with Crippen LogP contribution in [0.1, 0.15) is 0 Å². The number of nitrogens with zero attached hydrogens (tertiary/aromatic N) is 3. The van der Waals surface area contributed by atoms with E-state index in [0.29, 0.717) is 39.6 Å². The number of methoxy groups -OCH3 is 4. The fraction of sp³-hybridized carbons (Fsp3) is 0.174. The molecule has 0 fully saturated rings. The quantitative estimate of drug-likeness (QED) is 0.252. The molecule has 1 aromatic heterocycles. The topological polar surface area (TPSA) is 124 Å². The van der Waals surface area contributed by atoms with Gasteiger partial charge in [0.15, 0.2) is 11.5 Å². The van der Waals surface area contributed by atoms with Crippen molar-refractivity contribution in [1.29, 1.82) is 0 Å². The summed E-state index contributed by atoms with van der Waals surface area (Å²) in [4.78, 5) is 15.4. The molecule has 1 heterocycles. The second-order valence-electron chi connectivity index (χ2n) is 7.08. The van der Waals surface area contributed by atoms with E-state index < -0.39 is 4.92 Å². The molecule has 0 aliphatic rings. The van der Waals surface area contributed by atoms with Gasteiger partial charge in [-0.25, -0.2) is 4.98 Å². The SMILES string of the molecule is COc1cc(-n2cnc3c(OC)cc(-c4ccc(N)c([N+](=O)[O-])c4)cc32)cc(OC)c1OC. The van der Waals surface area contributed by atoms with Crippen LogP contribution in [-0.4, -0.2) is 42.9 Å². The predicted octanol–water partition coefficient (Wildman–Crippen LogP) is 4.22. The molecule has 3 aromatic carbocycles. The Kier molecular flexibility index (Phi) is 5.65. The molecule has 0 unspecified atom stereocenters. The van der Waals surface area contributed by atoms with Crippen LogP contribution < -0.4 is 24.7 Å². The standard InChI is InChI=1S/C23H22N4O6/c1-30-19-9-14(13-5-6-16(24)17(7-13)27(28)29)8-18-22(19)25-12-26(18)15-10-20(31-2)23(33-4)21(11-15)32-3/h5-12H,24H2,1-4H3. The largest absolute Gasteiger partial charge is 0.494 e. The number of hydrogen-bond donors (Lipinski definition) is 1. The third kappa shape index (κ3) is 3.71. The van der Waals surface area contributed by atoms with Gasteiger partial charge < -0.3 is 24.7 Å². The number of fused-ring (bicyclic) bond motifs is 1. The summed E-state index contributed by atoms with van der Waals surface area (Å²) in [6.07, 6.45) is 1.66. The number of nitro groups is 1. The molecular formula is C23H22N4O6. The summed E-state index contributed by atoms with van der Waals surface area (Å²) in [5, 5.41) is 11.4. The summed E-state index contributed by atoms with van der Waals surface area (Å²) >= 11 is 0. The highest BCUT2D eigenvalue weighted by molar-refractivity contribution is 5.90. The van der Waals surface area contributed by atoms with Gasteiger partial charge in [0, 0.05) is 18.2 Å². The molecule has 2 N–H and O–H groups in total. The van der Waals surface area contributed by atoms with Crippen LogP contribution in [0, 0.1) is 10.1 Å². The van der Waals surface area contributed by atoms with E-state index in [1.807, 2.05) is 10.6 Å². The zero-order chi connectivity index (χ0) is 23.7. The first-order valence-corrected chi connectivity index (χ1v) is 9.81. The van der Waals surface area contributed by atoms with Gasteiger partial charge >= 0.3 is 0 Å². The normalized spacial score (nSPS) is 10.8. The lowest BCUT2D eigenvalue weighted by Crippen LogP contribution is -1.99. The van der Waals surface area contributed by atoms with Crippen LogP contribution in [0.5, 0.6) is 23.0 Å². The molecular weight excluding hydrogens is 428 g/mol. The van der Waals surface area contributed by atoms with Gasteiger partial charge in [-0.3, -0.25) is 14.7 Å². The Morgan fingerprint density at radius 1 is 0.879 bits per heavy atom. The summed E-state index contributed by atoms with van der Waals surface area (Å²) in [5.74, 6) is 1.98. The van der Waals surface area contributed by atoms with E-state index in [-0.39, 0.29) is 11.4 Å². The molecule has 0 saturated heterocycles. The lowest BCUT2D eigenvalue weighted by molar-refractivity contribution is -0.383. The number of anilines is 1. The van der Waals surface area contributed by atoms with Gasteiger partial charge in [0.25, 0.3) is 5.69 Å². The van der Waals surface area contributed by atoms with Crippen molar-refractivity contribution in [2.24, 2.45) is 0 Å². The first-order valence-electron chi connectivity index (χ1n) is 9.81. The van der Waals surface area contributed by atoms with E-state index in [4.69, 9.17) is 24.7 Å². The number of nitrogens with two attached hydrogens (primary N) is 1. The second-order valence-corrected chi connectivity index (χ2v) is 7.08. The molecule has 4 rings (SSSR count). The molecule has 0 aliphatic carbocycles. The van der Waals surface area contributed by atoms with Gasteiger partial charge in [-0.05, 0) is 29.3 Å². The molecule has 0 atom stereocenters. The van der Waals surface area contributed by atoms with Crippen LogP contribution in [0.2, 0.25) is 0 Å². The van der Waals surface area contributed by atoms with Crippen LogP contribution in [0.15, 0.2) is 48.8 Å². The minimum Gasteiger partial charge on any atom is -0.494 e. The third-order valence-corrected chi connectivity index (χ3v) is 5.32. The van der Waals surface area contributed by atoms with Crippen molar-refractivity contribution in [3.63, 3.8) is 0 Å². The number of aromatic nitrogens is 2. The van der Waals surface area contributed by atoms with Crippen LogP contribution in [-0.2, 0) is 0 Å². The molecule has 0 aliphatic heterocycles. The van der Waals surface area contributed by atoms with Crippen LogP contribution in [0.3, 0.4) is 0 Å². The first-order chi connectivity index (χ1) is 15.9. The number of hydrogen-bond acceptors (Lipinski definition) is 8. The Morgan fingerprint density at radius 2 is 1.55 bits per heavy atom. The lowest BCUT2D eigenvalue weighted by atomic mass is 10.0. The monoisotopic (exact) mass is 450 g/mol. The number of nitro benzene ring substituents is 1. The molecule has 33 heavy (non-hydrogen) atoms. The predicted molar refractivity (Wildman–Crippen MR) is 124 cm³/mol. The summed E-state index contributed by atoms with van der Waals surface area (Å²) in [6, 6.07) is 11.9. The Bertz CT molecular complexity index is 1340. The van der Waals surface area contributed by atoms with Gasteiger partial charge in [0.2, 0.25) is 5.75 Å². The van der Waals surface area contributed by atoms with E-state index in [2.05, 4.69) is 4.98 Å². The average Bonchev–Trinajstić information content (AvgIpc) is 3.26. The van der Waals surface area contributed by atoms with Crippen molar-refractivity contribution in [2.75, 3.05) is 34.2 Å². The molecule has 0 spiro atoms. The molecule has 10 nitrogen and oxygen atoms in total. The molecule has 4 aromatic rings. The molecule has 0 radical (unpaired) electrons. The zero-order valence-electron chi connectivity index (χ0n) is 18.5. The maximum absolute atomic E-state index is 11.4. The number of benzene rings is 3. The van der Waals surface area contributed by atoms with E-state index in [9.17, 15) is 10.1 Å². The van der Waals surface area contributed by atoms with Crippen LogP contribution in [0.4, 0.5) is 11.4 Å². The maximum atomic E-state index is 11.4. The minimum absolute atomic E-state index is 0.0965. The molecule has 170 valence electrons. The van der Waals surface area contributed by atoms with E-state index >= 15 is 0 Å². The first kappa shape index (κ1) is 21.8. The van der Waals surface area contributed by atoms with Gasteiger partial charge in [-0.2, -0.15) is 0 Å². The van der Waals surface area contributed by atoms with Crippen molar-refractivity contribution in [3.05, 3.63) is 58.9 Å². The summed E-state index contributed by atoms with van der Waals surface area (Å²) in [6.45, 7) is 0. The Morgan fingerprint density at radius 3 is 2.12 bits per heavy atom. The Balaban J connectivity index is 1.95. The average molecular weight is 450 g/mol. The van der Waals surface area contributed by atoms with Crippen molar-refractivity contribution in [2.45, 2.75) is 0 Å². The lowest BCUT2D eigenvalue weighted by Gasteiger charge is -2.15. The fourth-order valence-corrected chi connectivity index (χ4v) is 3.70. The van der Waals surface area contributed by atoms with Crippen molar-refractivity contribution >= 4 is 22.4 Å². The van der Waals surface area contributed by atoms with Gasteiger partial charge in [-0.15, -0.1) is 0 Å². The molecule has 0 amide bonds. The Hall–Kier alpha value is -4.47. The number of imidazole rings is 1. The summed E-state index contributed by atoms with van der Waals surface area (Å²) in [5.41, 5.74) is 9.08. The number of ether oxygens (including phenoxy) is 4. The molecule has 10 heteroatoms. The zero-order valence-corrected chi connectivity index (χ0v) is 18.5. The smallest absolute Gasteiger partial charge is 0.292 e. The van der Waals surface area contributed by atoms with Crippen LogP contribution in [0.25, 0.3) is 27.8 Å². The number of nitrogen functional groups attached to an aromatic ring is 1. The summed E-state index contributed by atoms with van der Waals surface area (Å²) < 4.78 is 23.8. The summed E-state index contributed by atoms with van der Waals surface area (Å²) in [7, 11) is 6.17. The third-order valence-electron chi connectivity index (χ3n) is 5.32. The van der Waals surface area contributed by atoms with Gasteiger partial charge in [0.05, 0.1) is 44.6 Å².